The third-order valence-corrected chi connectivity index (χ3v) is 6.09. The minimum absolute atomic E-state index is 0.175. The Balaban J connectivity index is 1.64. The van der Waals surface area contributed by atoms with E-state index in [9.17, 15) is 4.79 Å². The summed E-state index contributed by atoms with van der Waals surface area (Å²) in [5, 5.41) is 3.37. The van der Waals surface area contributed by atoms with Gasteiger partial charge in [-0.05, 0) is 44.3 Å². The molecule has 0 spiro atoms. The first-order valence-electron chi connectivity index (χ1n) is 9.79. The number of carbonyl (C=O) groups is 1. The third-order valence-electron chi connectivity index (χ3n) is 6.09. The van der Waals surface area contributed by atoms with Crippen molar-refractivity contribution in [1.82, 2.24) is 19.8 Å². The van der Waals surface area contributed by atoms with Crippen LogP contribution in [0.1, 0.15) is 56.0 Å². The third kappa shape index (κ3) is 3.05. The van der Waals surface area contributed by atoms with E-state index in [4.69, 9.17) is 0 Å². The van der Waals surface area contributed by atoms with Crippen LogP contribution in [0.2, 0.25) is 0 Å². The van der Waals surface area contributed by atoms with Gasteiger partial charge in [0.1, 0.15) is 17.4 Å². The van der Waals surface area contributed by atoms with Crippen LogP contribution in [0.3, 0.4) is 0 Å². The van der Waals surface area contributed by atoms with Crippen LogP contribution in [0.15, 0.2) is 42.7 Å². The Labute approximate surface area is 155 Å². The van der Waals surface area contributed by atoms with Gasteiger partial charge in [-0.15, -0.1) is 0 Å². The van der Waals surface area contributed by atoms with Crippen molar-refractivity contribution in [3.05, 3.63) is 54.1 Å². The van der Waals surface area contributed by atoms with Crippen molar-refractivity contribution >= 4 is 5.91 Å². The van der Waals surface area contributed by atoms with E-state index in [1.165, 1.54) is 12.8 Å². The molecule has 0 unspecified atom stereocenters. The molecular weight excluding hydrogens is 324 g/mol. The zero-order valence-corrected chi connectivity index (χ0v) is 15.5. The Morgan fingerprint density at radius 1 is 1.12 bits per heavy atom. The number of amides is 1. The highest BCUT2D eigenvalue weighted by Crippen LogP contribution is 2.38. The Kier molecular flexibility index (Phi) is 4.81. The van der Waals surface area contributed by atoms with Crippen molar-refractivity contribution in [1.29, 1.82) is 0 Å². The lowest BCUT2D eigenvalue weighted by atomic mass is 9.93. The highest BCUT2D eigenvalue weighted by atomic mass is 16.2. The lowest BCUT2D eigenvalue weighted by molar-refractivity contribution is -0.133. The molecule has 26 heavy (non-hydrogen) atoms. The summed E-state index contributed by atoms with van der Waals surface area (Å²) >= 11 is 0. The fourth-order valence-corrected chi connectivity index (χ4v) is 4.66. The molecule has 1 aromatic carbocycles. The zero-order chi connectivity index (χ0) is 18.0. The maximum Gasteiger partial charge on any atom is 0.241 e. The predicted octanol–water partition coefficient (Wildman–Crippen LogP) is 3.03. The highest BCUT2D eigenvalue weighted by molar-refractivity contribution is 5.87. The first kappa shape index (κ1) is 17.3. The monoisotopic (exact) mass is 352 g/mol. The number of rotatable bonds is 5. The van der Waals surface area contributed by atoms with Crippen LogP contribution in [-0.2, 0) is 11.8 Å². The summed E-state index contributed by atoms with van der Waals surface area (Å²) in [7, 11) is 1.98. The van der Waals surface area contributed by atoms with Gasteiger partial charge in [0.25, 0.3) is 0 Å². The largest absolute Gasteiger partial charge is 0.340 e. The number of nitrogens with one attached hydrogen (secondary N) is 1. The molecule has 1 aromatic heterocycles. The summed E-state index contributed by atoms with van der Waals surface area (Å²) in [6.07, 6.45) is 10.4. The molecule has 4 rings (SSSR count). The quantitative estimate of drug-likeness (QED) is 0.900. The number of carbonyl (C=O) groups excluding carboxylic acids is 1. The minimum atomic E-state index is -0.325. The van der Waals surface area contributed by atoms with Crippen molar-refractivity contribution in [2.45, 2.75) is 50.1 Å². The van der Waals surface area contributed by atoms with Gasteiger partial charge in [0.2, 0.25) is 5.91 Å². The number of aromatic nitrogens is 2. The summed E-state index contributed by atoms with van der Waals surface area (Å²) < 4.78 is 2.00. The molecule has 5 heteroatoms. The standard InChI is InChI=1S/C21H28N4O/c1-24-16-13-22-19(24)18(17-9-3-2-4-10-17)23-20(26)21(11-5-6-12-21)25-14-7-8-15-25/h2-4,9-10,13,16,18H,5-8,11-12,14-15H2,1H3,(H,23,26)/t18-/m1/s1. The van der Waals surface area contributed by atoms with Crippen LogP contribution >= 0.6 is 0 Å². The number of hydrogen-bond donors (Lipinski definition) is 1. The Hall–Kier alpha value is -2.14. The van der Waals surface area contributed by atoms with E-state index in [-0.39, 0.29) is 17.5 Å². The molecule has 2 heterocycles. The van der Waals surface area contributed by atoms with Gasteiger partial charge in [-0.2, -0.15) is 0 Å². The first-order valence-corrected chi connectivity index (χ1v) is 9.79. The van der Waals surface area contributed by atoms with Gasteiger partial charge in [0, 0.05) is 19.4 Å². The predicted molar refractivity (Wildman–Crippen MR) is 102 cm³/mol. The van der Waals surface area contributed by atoms with Gasteiger partial charge < -0.3 is 9.88 Å². The lowest BCUT2D eigenvalue weighted by Gasteiger charge is -2.38. The fourth-order valence-electron chi connectivity index (χ4n) is 4.66. The van der Waals surface area contributed by atoms with E-state index in [1.807, 2.05) is 36.0 Å². The Morgan fingerprint density at radius 2 is 1.81 bits per heavy atom. The van der Waals surface area contributed by atoms with Gasteiger partial charge in [0.15, 0.2) is 0 Å². The van der Waals surface area contributed by atoms with E-state index in [2.05, 4.69) is 27.3 Å². The summed E-state index contributed by atoms with van der Waals surface area (Å²) in [4.78, 5) is 20.5. The molecule has 2 aromatic rings. The van der Waals surface area contributed by atoms with Crippen LogP contribution in [0, 0.1) is 0 Å². The highest BCUT2D eigenvalue weighted by Gasteiger charge is 2.47. The number of benzene rings is 1. The Bertz CT molecular complexity index is 742. The molecule has 2 fully saturated rings. The summed E-state index contributed by atoms with van der Waals surface area (Å²) in [6, 6.07) is 9.95. The van der Waals surface area contributed by atoms with Crippen molar-refractivity contribution in [2.24, 2.45) is 7.05 Å². The SMILES string of the molecule is Cn1ccnc1[C@H](NC(=O)C1(N2CCCC2)CCCC1)c1ccccc1. The molecule has 1 saturated carbocycles. The van der Waals surface area contributed by atoms with E-state index in [1.54, 1.807) is 6.20 Å². The molecule has 1 aliphatic carbocycles. The second kappa shape index (κ2) is 7.23. The maximum atomic E-state index is 13.6. The van der Waals surface area contributed by atoms with Crippen molar-refractivity contribution in [3.8, 4) is 0 Å². The molecule has 1 saturated heterocycles. The molecule has 0 radical (unpaired) electrons. The minimum Gasteiger partial charge on any atom is -0.340 e. The molecule has 1 N–H and O–H groups in total. The molecule has 1 amide bonds. The molecular formula is C21H28N4O. The first-order chi connectivity index (χ1) is 12.7. The van der Waals surface area contributed by atoms with Crippen molar-refractivity contribution in [3.63, 3.8) is 0 Å². The van der Waals surface area contributed by atoms with Gasteiger partial charge >= 0.3 is 0 Å². The molecule has 5 nitrogen and oxygen atoms in total. The molecule has 2 aliphatic rings. The smallest absolute Gasteiger partial charge is 0.241 e. The molecule has 1 atom stereocenters. The number of aryl methyl sites for hydroxylation is 1. The van der Waals surface area contributed by atoms with Crippen LogP contribution in [0.4, 0.5) is 0 Å². The van der Waals surface area contributed by atoms with E-state index >= 15 is 0 Å². The van der Waals surface area contributed by atoms with E-state index < -0.39 is 0 Å². The Morgan fingerprint density at radius 3 is 2.42 bits per heavy atom. The molecule has 1 aliphatic heterocycles. The topological polar surface area (TPSA) is 50.2 Å². The van der Waals surface area contributed by atoms with Gasteiger partial charge in [0.05, 0.1) is 0 Å². The van der Waals surface area contributed by atoms with Crippen LogP contribution in [0.5, 0.6) is 0 Å². The van der Waals surface area contributed by atoms with Crippen LogP contribution in [0.25, 0.3) is 0 Å². The van der Waals surface area contributed by atoms with Crippen molar-refractivity contribution in [2.75, 3.05) is 13.1 Å². The molecule has 0 bridgehead atoms. The van der Waals surface area contributed by atoms with Crippen molar-refractivity contribution < 1.29 is 4.79 Å². The van der Waals surface area contributed by atoms with E-state index in [0.29, 0.717) is 0 Å². The van der Waals surface area contributed by atoms with Crippen LogP contribution < -0.4 is 5.32 Å². The average Bonchev–Trinajstić information content (AvgIpc) is 3.41. The summed E-state index contributed by atoms with van der Waals surface area (Å²) in [6.45, 7) is 2.09. The average molecular weight is 352 g/mol. The van der Waals surface area contributed by atoms with Gasteiger partial charge in [-0.3, -0.25) is 9.69 Å². The number of hydrogen-bond acceptors (Lipinski definition) is 3. The molecule has 138 valence electrons. The maximum absolute atomic E-state index is 13.6. The van der Waals surface area contributed by atoms with Crippen LogP contribution in [-0.4, -0.2) is 39.0 Å². The second-order valence-corrected chi connectivity index (χ2v) is 7.65. The summed E-state index contributed by atoms with van der Waals surface area (Å²) in [5.41, 5.74) is 0.749. The summed E-state index contributed by atoms with van der Waals surface area (Å²) in [5.74, 6) is 1.05. The number of nitrogens with zero attached hydrogens (tertiary/aromatic N) is 3. The number of likely N-dealkylation sites (tertiary alicyclic amines) is 1. The van der Waals surface area contributed by atoms with Gasteiger partial charge in [-0.1, -0.05) is 43.2 Å². The van der Waals surface area contributed by atoms with E-state index in [0.717, 1.165) is 50.2 Å². The zero-order valence-electron chi connectivity index (χ0n) is 15.5. The lowest BCUT2D eigenvalue weighted by Crippen LogP contribution is -2.57. The second-order valence-electron chi connectivity index (χ2n) is 7.65. The fraction of sp³-hybridized carbons (Fsp3) is 0.524. The van der Waals surface area contributed by atoms with Gasteiger partial charge in [-0.25, -0.2) is 4.98 Å². The normalized spacial score (nSPS) is 21.0. The number of imidazole rings is 1.